The molecule has 1 fully saturated rings. The Morgan fingerprint density at radius 2 is 1.93 bits per heavy atom. The van der Waals surface area contributed by atoms with Crippen LogP contribution in [0.5, 0.6) is 0 Å². The first-order valence-corrected chi connectivity index (χ1v) is 5.13. The molecule has 2 N–H and O–H groups in total. The summed E-state index contributed by atoms with van der Waals surface area (Å²) in [6, 6.07) is 9.85. The van der Waals surface area contributed by atoms with Crippen LogP contribution < -0.4 is 5.73 Å². The van der Waals surface area contributed by atoms with Crippen molar-refractivity contribution in [2.75, 3.05) is 5.73 Å². The number of nitrogen functional groups attached to an aromatic ring is 1. The molecule has 0 spiro atoms. The topological polar surface area (TPSA) is 56.7 Å². The number of nitrogens with zero attached hydrogens (tertiary/aromatic N) is 3. The molecule has 0 radical (unpaired) electrons. The van der Waals surface area contributed by atoms with Gasteiger partial charge in [-0.25, -0.2) is 0 Å². The highest BCUT2D eigenvalue weighted by Crippen LogP contribution is 2.41. The molecule has 1 saturated carbocycles. The van der Waals surface area contributed by atoms with Gasteiger partial charge in [-0.05, 0) is 25.0 Å². The van der Waals surface area contributed by atoms with E-state index < -0.39 is 0 Å². The lowest BCUT2D eigenvalue weighted by atomic mass is 10.3. The quantitative estimate of drug-likeness (QED) is 0.803. The van der Waals surface area contributed by atoms with Gasteiger partial charge in [0, 0.05) is 5.92 Å². The van der Waals surface area contributed by atoms with Gasteiger partial charge in [0.25, 0.3) is 0 Å². The first kappa shape index (κ1) is 8.47. The van der Waals surface area contributed by atoms with Crippen LogP contribution in [0.2, 0.25) is 0 Å². The lowest BCUT2D eigenvalue weighted by Crippen LogP contribution is -2.02. The van der Waals surface area contributed by atoms with Gasteiger partial charge in [-0.2, -0.15) is 4.68 Å². The van der Waals surface area contributed by atoms with E-state index >= 15 is 0 Å². The molecule has 0 unspecified atom stereocenters. The van der Waals surface area contributed by atoms with Crippen LogP contribution in [0.4, 0.5) is 5.82 Å². The van der Waals surface area contributed by atoms with Gasteiger partial charge in [0.15, 0.2) is 5.82 Å². The van der Waals surface area contributed by atoms with Crippen molar-refractivity contribution in [1.29, 1.82) is 0 Å². The summed E-state index contributed by atoms with van der Waals surface area (Å²) in [6.07, 6.45) is 2.38. The maximum absolute atomic E-state index is 6.01. The van der Waals surface area contributed by atoms with Gasteiger partial charge in [-0.1, -0.05) is 23.4 Å². The molecule has 15 heavy (non-hydrogen) atoms. The summed E-state index contributed by atoms with van der Waals surface area (Å²) in [5.74, 6) is 1.23. The maximum atomic E-state index is 6.01. The molecule has 76 valence electrons. The Balaban J connectivity index is 2.05. The van der Waals surface area contributed by atoms with Gasteiger partial charge in [-0.15, -0.1) is 5.10 Å². The molecular weight excluding hydrogens is 188 g/mol. The minimum Gasteiger partial charge on any atom is -0.382 e. The third-order valence-electron chi connectivity index (χ3n) is 2.70. The third kappa shape index (κ3) is 1.38. The fraction of sp³-hybridized carbons (Fsp3) is 0.273. The first-order chi connectivity index (χ1) is 7.36. The lowest BCUT2D eigenvalue weighted by molar-refractivity contribution is 0.802. The minimum absolute atomic E-state index is 0.544. The van der Waals surface area contributed by atoms with Crippen LogP contribution in [0.3, 0.4) is 0 Å². The van der Waals surface area contributed by atoms with Gasteiger partial charge in [-0.3, -0.25) is 0 Å². The van der Waals surface area contributed by atoms with Crippen molar-refractivity contribution in [1.82, 2.24) is 15.0 Å². The number of anilines is 1. The molecule has 2 aromatic rings. The van der Waals surface area contributed by atoms with Crippen LogP contribution in [0.25, 0.3) is 5.69 Å². The van der Waals surface area contributed by atoms with Crippen molar-refractivity contribution in [3.63, 3.8) is 0 Å². The maximum Gasteiger partial charge on any atom is 0.151 e. The zero-order chi connectivity index (χ0) is 10.3. The minimum atomic E-state index is 0.544. The second-order valence-corrected chi connectivity index (χ2v) is 3.88. The first-order valence-electron chi connectivity index (χ1n) is 5.13. The Morgan fingerprint density at radius 1 is 1.20 bits per heavy atom. The molecule has 1 aliphatic carbocycles. The van der Waals surface area contributed by atoms with E-state index in [1.54, 1.807) is 4.68 Å². The van der Waals surface area contributed by atoms with Gasteiger partial charge in [0.2, 0.25) is 0 Å². The average molecular weight is 200 g/mol. The summed E-state index contributed by atoms with van der Waals surface area (Å²) < 4.78 is 1.70. The highest BCUT2D eigenvalue weighted by molar-refractivity contribution is 5.46. The lowest BCUT2D eigenvalue weighted by Gasteiger charge is -2.01. The monoisotopic (exact) mass is 200 g/mol. The van der Waals surface area contributed by atoms with Gasteiger partial charge >= 0.3 is 0 Å². The van der Waals surface area contributed by atoms with E-state index in [2.05, 4.69) is 10.3 Å². The van der Waals surface area contributed by atoms with Crippen LogP contribution >= 0.6 is 0 Å². The van der Waals surface area contributed by atoms with Crippen molar-refractivity contribution >= 4 is 5.82 Å². The SMILES string of the molecule is Nc1c(C2CC2)nnn1-c1ccccc1. The molecule has 4 nitrogen and oxygen atoms in total. The number of para-hydroxylation sites is 1. The standard InChI is InChI=1S/C11H12N4/c12-11-10(8-6-7-8)13-14-15(11)9-4-2-1-3-5-9/h1-5,8H,6-7,12H2. The zero-order valence-electron chi connectivity index (χ0n) is 8.30. The predicted molar refractivity (Wildman–Crippen MR) is 57.7 cm³/mol. The van der Waals surface area contributed by atoms with Gasteiger partial charge in [0.05, 0.1) is 5.69 Å². The summed E-state index contributed by atoms with van der Waals surface area (Å²) in [5, 5.41) is 8.23. The number of benzene rings is 1. The molecule has 0 amide bonds. The summed E-state index contributed by atoms with van der Waals surface area (Å²) in [5.41, 5.74) is 7.94. The van der Waals surface area contributed by atoms with E-state index in [9.17, 15) is 0 Å². The molecule has 0 aliphatic heterocycles. The molecule has 0 bridgehead atoms. The Labute approximate surface area is 87.7 Å². The number of aromatic nitrogens is 3. The normalized spacial score (nSPS) is 15.5. The van der Waals surface area contributed by atoms with E-state index in [-0.39, 0.29) is 0 Å². The third-order valence-corrected chi connectivity index (χ3v) is 2.70. The smallest absolute Gasteiger partial charge is 0.151 e. The van der Waals surface area contributed by atoms with Gasteiger partial charge < -0.3 is 5.73 Å². The molecule has 3 rings (SSSR count). The Hall–Kier alpha value is -1.84. The predicted octanol–water partition coefficient (Wildman–Crippen LogP) is 1.73. The van der Waals surface area contributed by atoms with Crippen LogP contribution in [-0.4, -0.2) is 15.0 Å². The molecule has 4 heteroatoms. The van der Waals surface area contributed by atoms with Crippen LogP contribution in [-0.2, 0) is 0 Å². The van der Waals surface area contributed by atoms with Crippen molar-refractivity contribution in [2.24, 2.45) is 0 Å². The summed E-state index contributed by atoms with van der Waals surface area (Å²) in [4.78, 5) is 0. The number of rotatable bonds is 2. The van der Waals surface area contributed by atoms with Crippen molar-refractivity contribution in [3.8, 4) is 5.69 Å². The number of hydrogen-bond acceptors (Lipinski definition) is 3. The van der Waals surface area contributed by atoms with Crippen LogP contribution in [0.1, 0.15) is 24.5 Å². The van der Waals surface area contributed by atoms with Crippen molar-refractivity contribution in [2.45, 2.75) is 18.8 Å². The molecule has 0 atom stereocenters. The fourth-order valence-corrected chi connectivity index (χ4v) is 1.71. The molecule has 0 saturated heterocycles. The summed E-state index contributed by atoms with van der Waals surface area (Å²) in [6.45, 7) is 0. The fourth-order valence-electron chi connectivity index (χ4n) is 1.71. The van der Waals surface area contributed by atoms with Crippen LogP contribution in [0, 0.1) is 0 Å². The molecule has 1 heterocycles. The van der Waals surface area contributed by atoms with E-state index in [1.165, 1.54) is 12.8 Å². The van der Waals surface area contributed by atoms with E-state index in [0.717, 1.165) is 11.4 Å². The second kappa shape index (κ2) is 3.08. The summed E-state index contributed by atoms with van der Waals surface area (Å²) >= 11 is 0. The highest BCUT2D eigenvalue weighted by atomic mass is 15.5. The highest BCUT2D eigenvalue weighted by Gasteiger charge is 2.29. The van der Waals surface area contributed by atoms with E-state index in [4.69, 9.17) is 5.73 Å². The Kier molecular flexibility index (Phi) is 1.74. The van der Waals surface area contributed by atoms with E-state index in [1.807, 2.05) is 30.3 Å². The Morgan fingerprint density at radius 3 is 2.60 bits per heavy atom. The largest absolute Gasteiger partial charge is 0.382 e. The molecule has 1 aromatic carbocycles. The van der Waals surface area contributed by atoms with Crippen molar-refractivity contribution < 1.29 is 0 Å². The average Bonchev–Trinajstić information content (AvgIpc) is 3.04. The molecule has 1 aromatic heterocycles. The Bertz CT molecular complexity index is 471. The summed E-state index contributed by atoms with van der Waals surface area (Å²) in [7, 11) is 0. The number of nitrogens with two attached hydrogens (primary N) is 1. The molecule has 1 aliphatic rings. The van der Waals surface area contributed by atoms with Gasteiger partial charge in [0.1, 0.15) is 5.69 Å². The number of hydrogen-bond donors (Lipinski definition) is 1. The molecular formula is C11H12N4. The van der Waals surface area contributed by atoms with E-state index in [0.29, 0.717) is 11.7 Å². The second-order valence-electron chi connectivity index (χ2n) is 3.88. The van der Waals surface area contributed by atoms with Crippen molar-refractivity contribution in [3.05, 3.63) is 36.0 Å². The zero-order valence-corrected chi connectivity index (χ0v) is 8.30. The van der Waals surface area contributed by atoms with Crippen LogP contribution in [0.15, 0.2) is 30.3 Å².